The topological polar surface area (TPSA) is 43.6 Å². The van der Waals surface area contributed by atoms with Gasteiger partial charge in [0.05, 0.1) is 38.3 Å². The van der Waals surface area contributed by atoms with Gasteiger partial charge in [0.2, 0.25) is 0 Å². The lowest BCUT2D eigenvalue weighted by atomic mass is 9.95. The largest absolute Gasteiger partial charge is 0.309 e. The van der Waals surface area contributed by atoms with Crippen LogP contribution in [0.3, 0.4) is 0 Å². The summed E-state index contributed by atoms with van der Waals surface area (Å²) in [5.41, 5.74) is 17.1. The standard InChI is InChI=1S/C63H40N4S/c1-4-18-43(19-5-1)58-59-52-30-10-13-31-53(52)64-60(62(59)68-61(58)44-20-6-2-7-21-44)48-26-16-24-46(38-48)41-34-36-42(37-35-41)54-40-55(66-63(65-54)45-22-8-3-9-23-45)47-25-17-27-49(39-47)67-56-32-14-11-28-50(56)51-29-12-15-33-57(51)67/h1-40H. The summed E-state index contributed by atoms with van der Waals surface area (Å²) in [4.78, 5) is 17.1. The summed E-state index contributed by atoms with van der Waals surface area (Å²) in [5, 5.41) is 4.88. The molecule has 0 radical (unpaired) electrons. The number of hydrogen-bond donors (Lipinski definition) is 0. The van der Waals surface area contributed by atoms with Gasteiger partial charge < -0.3 is 4.57 Å². The van der Waals surface area contributed by atoms with Gasteiger partial charge in [-0.25, -0.2) is 15.0 Å². The highest BCUT2D eigenvalue weighted by molar-refractivity contribution is 7.23. The molecule has 0 aliphatic heterocycles. The van der Waals surface area contributed by atoms with Crippen molar-refractivity contribution in [2.24, 2.45) is 0 Å². The molecule has 0 amide bonds. The number of benzene rings is 9. The van der Waals surface area contributed by atoms with E-state index in [1.165, 1.54) is 53.5 Å². The third-order valence-corrected chi connectivity index (χ3v) is 14.3. The van der Waals surface area contributed by atoms with E-state index in [9.17, 15) is 0 Å². The lowest BCUT2D eigenvalue weighted by molar-refractivity contribution is 1.16. The normalized spacial score (nSPS) is 11.5. The predicted molar refractivity (Wildman–Crippen MR) is 285 cm³/mol. The van der Waals surface area contributed by atoms with E-state index in [1.807, 2.05) is 29.5 Å². The summed E-state index contributed by atoms with van der Waals surface area (Å²) in [6, 6.07) is 86.1. The number of para-hydroxylation sites is 3. The molecule has 0 bridgehead atoms. The van der Waals surface area contributed by atoms with Crippen molar-refractivity contribution < 1.29 is 0 Å². The molecule has 0 saturated heterocycles. The highest BCUT2D eigenvalue weighted by atomic mass is 32.1. The summed E-state index contributed by atoms with van der Waals surface area (Å²) < 4.78 is 3.54. The van der Waals surface area contributed by atoms with Crippen molar-refractivity contribution in [3.8, 4) is 83.5 Å². The van der Waals surface area contributed by atoms with Gasteiger partial charge in [-0.05, 0) is 64.7 Å². The van der Waals surface area contributed by atoms with E-state index in [4.69, 9.17) is 15.0 Å². The lowest BCUT2D eigenvalue weighted by Gasteiger charge is -2.13. The van der Waals surface area contributed by atoms with Crippen LogP contribution in [0.15, 0.2) is 243 Å². The third kappa shape index (κ3) is 6.88. The van der Waals surface area contributed by atoms with Crippen LogP contribution in [-0.4, -0.2) is 19.5 Å². The number of rotatable bonds is 8. The zero-order chi connectivity index (χ0) is 45.0. The molecule has 0 spiro atoms. The maximum absolute atomic E-state index is 5.41. The maximum atomic E-state index is 5.41. The van der Waals surface area contributed by atoms with Gasteiger partial charge in [-0.15, -0.1) is 11.3 Å². The van der Waals surface area contributed by atoms with Crippen molar-refractivity contribution in [3.05, 3.63) is 243 Å². The van der Waals surface area contributed by atoms with E-state index in [1.54, 1.807) is 0 Å². The van der Waals surface area contributed by atoms with Crippen molar-refractivity contribution in [2.75, 3.05) is 0 Å². The molecule has 9 aromatic carbocycles. The van der Waals surface area contributed by atoms with E-state index in [0.717, 1.165) is 67.1 Å². The van der Waals surface area contributed by atoms with Crippen LogP contribution >= 0.6 is 11.3 Å². The zero-order valence-electron chi connectivity index (χ0n) is 36.8. The molecule has 318 valence electrons. The second-order valence-corrected chi connectivity index (χ2v) is 18.1. The molecule has 0 saturated carbocycles. The van der Waals surface area contributed by atoms with Gasteiger partial charge in [-0.1, -0.05) is 200 Å². The van der Waals surface area contributed by atoms with E-state index in [0.29, 0.717) is 5.82 Å². The zero-order valence-corrected chi connectivity index (χ0v) is 37.6. The van der Waals surface area contributed by atoms with Crippen LogP contribution < -0.4 is 0 Å². The van der Waals surface area contributed by atoms with Gasteiger partial charge >= 0.3 is 0 Å². The summed E-state index contributed by atoms with van der Waals surface area (Å²) in [6.07, 6.45) is 0. The first-order valence-corrected chi connectivity index (χ1v) is 23.7. The second kappa shape index (κ2) is 16.6. The third-order valence-electron chi connectivity index (χ3n) is 13.0. The molecule has 4 nitrogen and oxygen atoms in total. The molecule has 0 atom stereocenters. The smallest absolute Gasteiger partial charge is 0.160 e. The molecule has 0 N–H and O–H groups in total. The van der Waals surface area contributed by atoms with Crippen molar-refractivity contribution in [2.45, 2.75) is 0 Å². The fraction of sp³-hybridized carbons (Fsp3) is 0. The summed E-state index contributed by atoms with van der Waals surface area (Å²) in [7, 11) is 0. The molecule has 0 unspecified atom stereocenters. The number of aromatic nitrogens is 4. The van der Waals surface area contributed by atoms with Gasteiger partial charge in [0.1, 0.15) is 0 Å². The minimum Gasteiger partial charge on any atom is -0.309 e. The molecular weight excluding hydrogens is 845 g/mol. The average molecular weight is 885 g/mol. The molecule has 0 aliphatic carbocycles. The summed E-state index contributed by atoms with van der Waals surface area (Å²) in [5.74, 6) is 0.686. The molecule has 0 fully saturated rings. The van der Waals surface area contributed by atoms with Crippen LogP contribution in [0.25, 0.3) is 126 Å². The summed E-state index contributed by atoms with van der Waals surface area (Å²) >= 11 is 1.83. The van der Waals surface area contributed by atoms with E-state index in [2.05, 4.69) is 229 Å². The van der Waals surface area contributed by atoms with Crippen LogP contribution in [-0.2, 0) is 0 Å². The number of nitrogens with zero attached hydrogens (tertiary/aromatic N) is 4. The van der Waals surface area contributed by atoms with Crippen molar-refractivity contribution in [3.63, 3.8) is 0 Å². The Balaban J connectivity index is 0.903. The monoisotopic (exact) mass is 884 g/mol. The van der Waals surface area contributed by atoms with Crippen LogP contribution in [0.5, 0.6) is 0 Å². The van der Waals surface area contributed by atoms with E-state index in [-0.39, 0.29) is 0 Å². The van der Waals surface area contributed by atoms with Gasteiger partial charge in [0, 0.05) is 59.9 Å². The first-order chi connectivity index (χ1) is 33.7. The lowest BCUT2D eigenvalue weighted by Crippen LogP contribution is -1.97. The molecule has 13 rings (SSSR count). The number of thiophene rings is 1. The summed E-state index contributed by atoms with van der Waals surface area (Å²) in [6.45, 7) is 0. The average Bonchev–Trinajstić information content (AvgIpc) is 3.99. The van der Waals surface area contributed by atoms with Crippen LogP contribution in [0.1, 0.15) is 0 Å². The Morgan fingerprint density at radius 2 is 0.868 bits per heavy atom. The van der Waals surface area contributed by atoms with Crippen LogP contribution in [0, 0.1) is 0 Å². The van der Waals surface area contributed by atoms with Crippen LogP contribution in [0.2, 0.25) is 0 Å². The fourth-order valence-electron chi connectivity index (χ4n) is 9.82. The number of pyridine rings is 1. The minimum absolute atomic E-state index is 0.686. The quantitative estimate of drug-likeness (QED) is 0.153. The Bertz CT molecular complexity index is 3950. The Labute approximate surface area is 397 Å². The first kappa shape index (κ1) is 39.6. The predicted octanol–water partition coefficient (Wildman–Crippen LogP) is 17.0. The molecule has 5 heteroatoms. The molecule has 0 aliphatic rings. The first-order valence-electron chi connectivity index (χ1n) is 22.9. The van der Waals surface area contributed by atoms with Gasteiger partial charge in [0.25, 0.3) is 0 Å². The Hall–Kier alpha value is -8.77. The molecule has 13 aromatic rings. The van der Waals surface area contributed by atoms with Crippen molar-refractivity contribution >= 4 is 54.1 Å². The van der Waals surface area contributed by atoms with E-state index >= 15 is 0 Å². The minimum atomic E-state index is 0.686. The second-order valence-electron chi connectivity index (χ2n) is 17.1. The molecule has 4 aromatic heterocycles. The Morgan fingerprint density at radius 1 is 0.338 bits per heavy atom. The highest BCUT2D eigenvalue weighted by Gasteiger charge is 2.23. The maximum Gasteiger partial charge on any atom is 0.160 e. The molecule has 68 heavy (non-hydrogen) atoms. The van der Waals surface area contributed by atoms with Crippen LogP contribution in [0.4, 0.5) is 0 Å². The Kier molecular flexibility index (Phi) is 9.66. The number of fused-ring (bicyclic) bond motifs is 6. The number of hydrogen-bond acceptors (Lipinski definition) is 4. The van der Waals surface area contributed by atoms with Crippen molar-refractivity contribution in [1.29, 1.82) is 0 Å². The van der Waals surface area contributed by atoms with Gasteiger partial charge in [-0.2, -0.15) is 0 Å². The SMILES string of the molecule is c1ccc(-c2nc(-c3ccc(-c4cccc(-c5nc6ccccc6c6c(-c7ccccc7)c(-c7ccccc7)sc56)c4)cc3)cc(-c3cccc(-n4c5ccccc5c5ccccc54)c3)n2)cc1. The molecule has 4 heterocycles. The molecular formula is C63H40N4S. The van der Waals surface area contributed by atoms with Crippen molar-refractivity contribution in [1.82, 2.24) is 19.5 Å². The highest BCUT2D eigenvalue weighted by Crippen LogP contribution is 2.50. The van der Waals surface area contributed by atoms with Gasteiger partial charge in [-0.3, -0.25) is 0 Å². The van der Waals surface area contributed by atoms with E-state index < -0.39 is 0 Å². The fourth-order valence-corrected chi connectivity index (χ4v) is 11.2. The Morgan fingerprint density at radius 3 is 1.57 bits per heavy atom. The van der Waals surface area contributed by atoms with Gasteiger partial charge in [0.15, 0.2) is 5.82 Å².